The zero-order chi connectivity index (χ0) is 13.4. The summed E-state index contributed by atoms with van der Waals surface area (Å²) in [5, 5.41) is 9.94. The van der Waals surface area contributed by atoms with Gasteiger partial charge in [-0.1, -0.05) is 18.2 Å². The van der Waals surface area contributed by atoms with Gasteiger partial charge in [0.2, 0.25) is 0 Å². The summed E-state index contributed by atoms with van der Waals surface area (Å²) in [5.74, 6) is -1.10. The number of benzene rings is 1. The lowest BCUT2D eigenvalue weighted by Gasteiger charge is -2.19. The van der Waals surface area contributed by atoms with Crippen molar-refractivity contribution >= 4 is 22.8 Å². The van der Waals surface area contributed by atoms with Gasteiger partial charge in [-0.15, -0.1) is 0 Å². The van der Waals surface area contributed by atoms with Crippen LogP contribution in [0, 0.1) is 0 Å². The fourth-order valence-electron chi connectivity index (χ4n) is 2.50. The van der Waals surface area contributed by atoms with Crippen molar-refractivity contribution in [3.05, 3.63) is 36.1 Å². The van der Waals surface area contributed by atoms with Crippen LogP contribution in [-0.4, -0.2) is 34.5 Å². The molecule has 0 spiro atoms. The molecule has 19 heavy (non-hydrogen) atoms. The third-order valence-corrected chi connectivity index (χ3v) is 3.44. The quantitative estimate of drug-likeness (QED) is 0.896. The number of carboxylic acid groups (broad SMARTS) is 1. The molecule has 1 fully saturated rings. The monoisotopic (exact) mass is 259 g/mol. The van der Waals surface area contributed by atoms with E-state index in [4.69, 9.17) is 9.52 Å². The Morgan fingerprint density at radius 1 is 1.32 bits per heavy atom. The summed E-state index contributed by atoms with van der Waals surface area (Å²) in [6, 6.07) is 8.26. The number of hydrogen-bond donors (Lipinski definition) is 1. The smallest absolute Gasteiger partial charge is 0.326 e. The molecule has 2 heterocycles. The van der Waals surface area contributed by atoms with Gasteiger partial charge in [0.25, 0.3) is 5.91 Å². The van der Waals surface area contributed by atoms with Gasteiger partial charge in [0.05, 0.1) is 0 Å². The third kappa shape index (κ3) is 1.97. The number of amides is 1. The summed E-state index contributed by atoms with van der Waals surface area (Å²) in [4.78, 5) is 24.8. The lowest BCUT2D eigenvalue weighted by Crippen LogP contribution is -2.40. The molecule has 0 radical (unpaired) electrons. The number of para-hydroxylation sites is 1. The number of likely N-dealkylation sites (tertiary alicyclic amines) is 1. The second-order valence-corrected chi connectivity index (χ2v) is 4.64. The molecule has 1 aliphatic heterocycles. The molecule has 3 rings (SSSR count). The normalized spacial score (nSPS) is 18.9. The van der Waals surface area contributed by atoms with Crippen molar-refractivity contribution in [3.63, 3.8) is 0 Å². The summed E-state index contributed by atoms with van der Waals surface area (Å²) < 4.78 is 5.49. The summed E-state index contributed by atoms with van der Waals surface area (Å²) in [6.45, 7) is 0.465. The Labute approximate surface area is 109 Å². The van der Waals surface area contributed by atoms with Gasteiger partial charge in [-0.05, 0) is 25.0 Å². The molecule has 1 aromatic heterocycles. The Kier molecular flexibility index (Phi) is 2.74. The largest absolute Gasteiger partial charge is 0.480 e. The molecular weight excluding hydrogens is 246 g/mol. The average Bonchev–Trinajstić information content (AvgIpc) is 3.04. The van der Waals surface area contributed by atoms with E-state index < -0.39 is 12.0 Å². The van der Waals surface area contributed by atoms with Crippen LogP contribution >= 0.6 is 0 Å². The fraction of sp³-hybridized carbons (Fsp3) is 0.286. The van der Waals surface area contributed by atoms with Crippen LogP contribution in [0.15, 0.2) is 34.7 Å². The summed E-state index contributed by atoms with van der Waals surface area (Å²) >= 11 is 0. The first-order chi connectivity index (χ1) is 9.16. The van der Waals surface area contributed by atoms with Gasteiger partial charge >= 0.3 is 5.97 Å². The van der Waals surface area contributed by atoms with Gasteiger partial charge < -0.3 is 14.4 Å². The van der Waals surface area contributed by atoms with Crippen LogP contribution in [0.5, 0.6) is 0 Å². The van der Waals surface area contributed by atoms with Crippen molar-refractivity contribution in [2.45, 2.75) is 18.9 Å². The van der Waals surface area contributed by atoms with Gasteiger partial charge in [-0.3, -0.25) is 4.79 Å². The average molecular weight is 259 g/mol. The van der Waals surface area contributed by atoms with Crippen molar-refractivity contribution in [3.8, 4) is 0 Å². The standard InChI is InChI=1S/C14H13NO4/c16-13(15-7-3-5-10(15)14(17)18)12-8-9-4-1-2-6-11(9)19-12/h1-2,4,6,8,10H,3,5,7H2,(H,17,18). The topological polar surface area (TPSA) is 70.8 Å². The maximum atomic E-state index is 12.3. The summed E-state index contributed by atoms with van der Waals surface area (Å²) in [7, 11) is 0. The van der Waals surface area contributed by atoms with Crippen LogP contribution in [0.2, 0.25) is 0 Å². The third-order valence-electron chi connectivity index (χ3n) is 3.44. The molecule has 0 bridgehead atoms. The number of fused-ring (bicyclic) bond motifs is 1. The van der Waals surface area contributed by atoms with Gasteiger partial charge in [0.1, 0.15) is 11.6 Å². The highest BCUT2D eigenvalue weighted by atomic mass is 16.4. The number of hydrogen-bond acceptors (Lipinski definition) is 3. The Bertz CT molecular complexity index is 613. The number of aliphatic carboxylic acids is 1. The van der Waals surface area contributed by atoms with Crippen LogP contribution in [0.1, 0.15) is 23.4 Å². The zero-order valence-corrected chi connectivity index (χ0v) is 10.2. The Balaban J connectivity index is 1.93. The van der Waals surface area contributed by atoms with Gasteiger partial charge in [0.15, 0.2) is 5.76 Å². The van der Waals surface area contributed by atoms with E-state index in [-0.39, 0.29) is 11.7 Å². The highest BCUT2D eigenvalue weighted by molar-refractivity contribution is 5.98. The molecule has 1 aliphatic rings. The van der Waals surface area contributed by atoms with E-state index in [2.05, 4.69) is 0 Å². The van der Waals surface area contributed by atoms with Gasteiger partial charge in [-0.25, -0.2) is 4.79 Å². The molecule has 0 aliphatic carbocycles. The highest BCUT2D eigenvalue weighted by Gasteiger charge is 2.35. The zero-order valence-electron chi connectivity index (χ0n) is 10.2. The van der Waals surface area contributed by atoms with E-state index in [1.807, 2.05) is 18.2 Å². The first kappa shape index (κ1) is 11.8. The predicted molar refractivity (Wildman–Crippen MR) is 67.9 cm³/mol. The molecule has 1 saturated heterocycles. The van der Waals surface area contributed by atoms with E-state index in [0.717, 1.165) is 5.39 Å². The molecule has 98 valence electrons. The van der Waals surface area contributed by atoms with E-state index in [0.29, 0.717) is 25.0 Å². The van der Waals surface area contributed by atoms with Crippen molar-refractivity contribution in [1.29, 1.82) is 0 Å². The van der Waals surface area contributed by atoms with E-state index in [1.54, 1.807) is 12.1 Å². The minimum absolute atomic E-state index is 0.203. The summed E-state index contributed by atoms with van der Waals surface area (Å²) in [5.41, 5.74) is 0.636. The van der Waals surface area contributed by atoms with Crippen LogP contribution in [0.25, 0.3) is 11.0 Å². The van der Waals surface area contributed by atoms with Crippen LogP contribution in [-0.2, 0) is 4.79 Å². The first-order valence-corrected chi connectivity index (χ1v) is 6.19. The molecular formula is C14H13NO4. The predicted octanol–water partition coefficient (Wildman–Crippen LogP) is 2.12. The van der Waals surface area contributed by atoms with Gasteiger partial charge in [0, 0.05) is 11.9 Å². The van der Waals surface area contributed by atoms with Crippen molar-refractivity contribution < 1.29 is 19.1 Å². The molecule has 1 unspecified atom stereocenters. The molecule has 0 saturated carbocycles. The number of carbonyl (C=O) groups is 2. The molecule has 1 aromatic carbocycles. The number of nitrogens with zero attached hydrogens (tertiary/aromatic N) is 1. The molecule has 2 aromatic rings. The number of rotatable bonds is 2. The second-order valence-electron chi connectivity index (χ2n) is 4.64. The molecule has 5 heteroatoms. The van der Waals surface area contributed by atoms with Crippen molar-refractivity contribution in [1.82, 2.24) is 4.90 Å². The SMILES string of the molecule is O=C(O)C1CCCN1C(=O)c1cc2ccccc2o1. The lowest BCUT2D eigenvalue weighted by atomic mass is 10.2. The number of carboxylic acids is 1. The minimum Gasteiger partial charge on any atom is -0.480 e. The van der Waals surface area contributed by atoms with E-state index in [9.17, 15) is 9.59 Å². The van der Waals surface area contributed by atoms with Crippen molar-refractivity contribution in [2.75, 3.05) is 6.54 Å². The Morgan fingerprint density at radius 2 is 2.11 bits per heavy atom. The second kappa shape index (κ2) is 4.42. The van der Waals surface area contributed by atoms with Gasteiger partial charge in [-0.2, -0.15) is 0 Å². The number of furan rings is 1. The molecule has 1 atom stereocenters. The molecule has 5 nitrogen and oxygen atoms in total. The summed E-state index contributed by atoms with van der Waals surface area (Å²) in [6.07, 6.45) is 1.21. The Hall–Kier alpha value is -2.30. The molecule has 1 amide bonds. The minimum atomic E-state index is -0.957. The van der Waals surface area contributed by atoms with Crippen LogP contribution in [0.3, 0.4) is 0 Å². The first-order valence-electron chi connectivity index (χ1n) is 6.19. The number of carbonyl (C=O) groups excluding carboxylic acids is 1. The lowest BCUT2D eigenvalue weighted by molar-refractivity contribution is -0.141. The maximum Gasteiger partial charge on any atom is 0.326 e. The maximum absolute atomic E-state index is 12.3. The van der Waals surface area contributed by atoms with E-state index >= 15 is 0 Å². The van der Waals surface area contributed by atoms with Crippen LogP contribution < -0.4 is 0 Å². The van der Waals surface area contributed by atoms with Crippen molar-refractivity contribution in [2.24, 2.45) is 0 Å². The van der Waals surface area contributed by atoms with Crippen LogP contribution in [0.4, 0.5) is 0 Å². The van der Waals surface area contributed by atoms with E-state index in [1.165, 1.54) is 4.90 Å². The molecule has 1 N–H and O–H groups in total. The fourth-order valence-corrected chi connectivity index (χ4v) is 2.50. The Morgan fingerprint density at radius 3 is 2.84 bits per heavy atom. The highest BCUT2D eigenvalue weighted by Crippen LogP contribution is 2.24.